The van der Waals surface area contributed by atoms with Gasteiger partial charge in [0.25, 0.3) is 0 Å². The molecule has 1 aromatic carbocycles. The molecule has 0 aliphatic rings. The van der Waals surface area contributed by atoms with Crippen LogP contribution in [-0.2, 0) is 9.53 Å². The van der Waals surface area contributed by atoms with Crippen LogP contribution < -0.4 is 4.74 Å². The summed E-state index contributed by atoms with van der Waals surface area (Å²) >= 11 is 7.36. The van der Waals surface area contributed by atoms with Crippen molar-refractivity contribution in [3.05, 3.63) is 39.4 Å². The predicted octanol–water partition coefficient (Wildman–Crippen LogP) is 4.59. The van der Waals surface area contributed by atoms with Crippen LogP contribution in [0, 0.1) is 0 Å². The lowest BCUT2D eigenvalue weighted by Gasteiger charge is -2.16. The van der Waals surface area contributed by atoms with Crippen LogP contribution in [-0.4, -0.2) is 36.9 Å². The zero-order chi connectivity index (χ0) is 18.1. The van der Waals surface area contributed by atoms with Gasteiger partial charge in [-0.15, -0.1) is 0 Å². The summed E-state index contributed by atoms with van der Waals surface area (Å²) in [4.78, 5) is 14.9. The van der Waals surface area contributed by atoms with Gasteiger partial charge < -0.3 is 14.6 Å². The van der Waals surface area contributed by atoms with Crippen LogP contribution in [0.1, 0.15) is 32.3 Å². The number of ether oxygens (including phenoxy) is 2. The fraction of sp³-hybridized carbons (Fsp3) is 0.412. The molecule has 0 fully saturated rings. The van der Waals surface area contributed by atoms with Crippen LogP contribution in [0.2, 0.25) is 5.02 Å². The average Bonchev–Trinajstić information content (AvgIpc) is 2.57. The Kier molecular flexibility index (Phi) is 8.71. The molecule has 0 aromatic heterocycles. The predicted molar refractivity (Wildman–Crippen MR) is 99.3 cm³/mol. The summed E-state index contributed by atoms with van der Waals surface area (Å²) in [6, 6.07) is 5.21. The summed E-state index contributed by atoms with van der Waals surface area (Å²) in [5.74, 6) is 0.553. The number of thioether (sulfide) groups is 1. The molecule has 7 heteroatoms. The summed E-state index contributed by atoms with van der Waals surface area (Å²) in [6.07, 6.45) is 0.863. The number of aliphatic carboxylic acids is 1. The highest BCUT2D eigenvalue weighted by atomic mass is 35.5. The normalized spacial score (nSPS) is 12.6. The topological polar surface area (TPSA) is 68.1 Å². The Balaban J connectivity index is 3.04. The molecule has 1 rings (SSSR count). The first kappa shape index (κ1) is 20.4. The highest BCUT2D eigenvalue weighted by Gasteiger charge is 2.16. The molecule has 24 heavy (non-hydrogen) atoms. The van der Waals surface area contributed by atoms with Gasteiger partial charge >= 0.3 is 5.97 Å². The van der Waals surface area contributed by atoms with Crippen molar-refractivity contribution in [1.82, 2.24) is 0 Å². The lowest BCUT2D eigenvalue weighted by Crippen LogP contribution is -2.09. The van der Waals surface area contributed by atoms with Crippen LogP contribution in [0.5, 0.6) is 5.75 Å². The second-order valence-electron chi connectivity index (χ2n) is 4.89. The average molecular weight is 372 g/mol. The van der Waals surface area contributed by atoms with E-state index < -0.39 is 5.97 Å². The molecule has 1 N–H and O–H groups in total. The second-order valence-corrected chi connectivity index (χ2v) is 6.39. The molecule has 0 spiro atoms. The van der Waals surface area contributed by atoms with Crippen molar-refractivity contribution in [2.45, 2.75) is 26.7 Å². The Morgan fingerprint density at radius 2 is 2.12 bits per heavy atom. The van der Waals surface area contributed by atoms with Gasteiger partial charge in [-0.25, -0.2) is 0 Å². The van der Waals surface area contributed by atoms with E-state index in [0.29, 0.717) is 33.1 Å². The molecule has 0 aliphatic carbocycles. The number of halogens is 1. The molecule has 5 nitrogen and oxygen atoms in total. The molecular formula is C17H22ClNO4S. The lowest BCUT2D eigenvalue weighted by atomic mass is 10.2. The molecule has 0 amide bonds. The van der Waals surface area contributed by atoms with E-state index >= 15 is 0 Å². The Bertz CT molecular complexity index is 643. The number of carboxylic acid groups (broad SMARTS) is 1. The maximum atomic E-state index is 10.7. The molecule has 0 aliphatic heterocycles. The highest BCUT2D eigenvalue weighted by molar-refractivity contribution is 8.02. The molecule has 0 atom stereocenters. The summed E-state index contributed by atoms with van der Waals surface area (Å²) in [5.41, 5.74) is 1.71. The number of allylic oxidation sites excluding steroid dienone is 1. The van der Waals surface area contributed by atoms with Crippen molar-refractivity contribution < 1.29 is 19.4 Å². The Morgan fingerprint density at radius 1 is 1.42 bits per heavy atom. The Labute approximate surface area is 151 Å². The largest absolute Gasteiger partial charge is 0.496 e. The van der Waals surface area contributed by atoms with Crippen molar-refractivity contribution in [1.29, 1.82) is 0 Å². The van der Waals surface area contributed by atoms with Crippen molar-refractivity contribution >= 4 is 35.2 Å². The van der Waals surface area contributed by atoms with Crippen LogP contribution in [0.25, 0.3) is 0 Å². The summed E-state index contributed by atoms with van der Waals surface area (Å²) < 4.78 is 11.3. The first-order chi connectivity index (χ1) is 11.4. The van der Waals surface area contributed by atoms with Crippen LogP contribution in [0.3, 0.4) is 0 Å². The number of rotatable bonds is 8. The van der Waals surface area contributed by atoms with Gasteiger partial charge in [-0.2, -0.15) is 0 Å². The zero-order valence-corrected chi connectivity index (χ0v) is 15.8. The number of methoxy groups -OCH3 is 1. The van der Waals surface area contributed by atoms with Crippen LogP contribution in [0.15, 0.2) is 33.9 Å². The maximum absolute atomic E-state index is 10.7. The number of hydrogen-bond acceptors (Lipinski definition) is 5. The van der Waals surface area contributed by atoms with Crippen molar-refractivity contribution in [3.63, 3.8) is 0 Å². The number of carboxylic acids is 1. The third-order valence-electron chi connectivity index (χ3n) is 3.21. The number of aliphatic imine (C=N–C) groups is 1. The summed E-state index contributed by atoms with van der Waals surface area (Å²) in [5, 5.41) is 10.0. The minimum atomic E-state index is -0.834. The summed E-state index contributed by atoms with van der Waals surface area (Å²) in [6.45, 7) is 3.97. The van der Waals surface area contributed by atoms with Crippen molar-refractivity contribution in [3.8, 4) is 5.75 Å². The van der Waals surface area contributed by atoms with Crippen LogP contribution >= 0.6 is 23.4 Å². The van der Waals surface area contributed by atoms with E-state index in [1.807, 2.05) is 13.8 Å². The van der Waals surface area contributed by atoms with Gasteiger partial charge in [0.05, 0.1) is 19.1 Å². The Hall–Kier alpha value is -1.66. The number of hydrogen-bond donors (Lipinski definition) is 1. The molecule has 0 heterocycles. The van der Waals surface area contributed by atoms with Gasteiger partial charge in [-0.05, 0) is 37.1 Å². The molecular weight excluding hydrogens is 350 g/mol. The molecule has 0 bridgehead atoms. The van der Waals surface area contributed by atoms with Gasteiger partial charge in [0.15, 0.2) is 5.09 Å². The minimum absolute atomic E-state index is 0.0669. The zero-order valence-electron chi connectivity index (χ0n) is 14.3. The third-order valence-corrected chi connectivity index (χ3v) is 4.55. The summed E-state index contributed by atoms with van der Waals surface area (Å²) in [7, 11) is 3.18. The fourth-order valence-electron chi connectivity index (χ4n) is 1.77. The van der Waals surface area contributed by atoms with E-state index in [9.17, 15) is 4.79 Å². The molecule has 0 saturated heterocycles. The number of nitrogens with zero attached hydrogens (tertiary/aromatic N) is 1. The lowest BCUT2D eigenvalue weighted by molar-refractivity contribution is -0.136. The van der Waals surface area contributed by atoms with Gasteiger partial charge in [0, 0.05) is 17.8 Å². The molecule has 0 saturated carbocycles. The van der Waals surface area contributed by atoms with E-state index in [0.717, 1.165) is 12.0 Å². The van der Waals surface area contributed by atoms with Gasteiger partial charge in [-0.1, -0.05) is 30.3 Å². The van der Waals surface area contributed by atoms with E-state index in [-0.39, 0.29) is 6.42 Å². The van der Waals surface area contributed by atoms with E-state index in [1.54, 1.807) is 32.4 Å². The molecule has 0 unspecified atom stereocenters. The molecule has 132 valence electrons. The maximum Gasteiger partial charge on any atom is 0.304 e. The third kappa shape index (κ3) is 6.09. The molecule has 0 radical (unpaired) electrons. The monoisotopic (exact) mass is 371 g/mol. The highest BCUT2D eigenvalue weighted by Crippen LogP contribution is 2.29. The van der Waals surface area contributed by atoms with Crippen LogP contribution in [0.4, 0.5) is 0 Å². The standard InChI is InChI=1S/C17H22ClNO4S/c1-5-11(2)17(24-9-8-15(20)21)23-16(19-3)13-7-6-12(18)10-14(13)22-4/h6-7,10H,5,8-9H2,1-4H3,(H,20,21)/b17-11-,19-16?. The van der Waals surface area contributed by atoms with E-state index in [4.69, 9.17) is 26.2 Å². The van der Waals surface area contributed by atoms with Gasteiger partial charge in [0.1, 0.15) is 5.75 Å². The first-order valence-electron chi connectivity index (χ1n) is 7.45. The number of carbonyl (C=O) groups is 1. The van der Waals surface area contributed by atoms with Gasteiger partial charge in [0.2, 0.25) is 5.90 Å². The second kappa shape index (κ2) is 10.3. The minimum Gasteiger partial charge on any atom is -0.496 e. The van der Waals surface area contributed by atoms with E-state index in [1.165, 1.54) is 11.8 Å². The fourth-order valence-corrected chi connectivity index (χ4v) is 2.92. The SMILES string of the molecule is CC/C(C)=C(/OC(=NC)c1ccc(Cl)cc1OC)SCCC(=O)O. The van der Waals surface area contributed by atoms with Crippen molar-refractivity contribution in [2.75, 3.05) is 19.9 Å². The first-order valence-corrected chi connectivity index (χ1v) is 8.82. The molecule has 1 aromatic rings. The smallest absolute Gasteiger partial charge is 0.304 e. The quantitative estimate of drug-likeness (QED) is 0.411. The van der Waals surface area contributed by atoms with Gasteiger partial charge in [-0.3, -0.25) is 9.79 Å². The van der Waals surface area contributed by atoms with Crippen molar-refractivity contribution in [2.24, 2.45) is 4.99 Å². The number of benzene rings is 1. The van der Waals surface area contributed by atoms with E-state index in [2.05, 4.69) is 4.99 Å². The Morgan fingerprint density at radius 3 is 2.67 bits per heavy atom.